The Balaban J connectivity index is 1.86. The van der Waals surface area contributed by atoms with Crippen LogP contribution in [0.3, 0.4) is 0 Å². The van der Waals surface area contributed by atoms with Crippen LogP contribution in [0.1, 0.15) is 21.6 Å². The van der Waals surface area contributed by atoms with E-state index in [-0.39, 0.29) is 11.7 Å². The highest BCUT2D eigenvalue weighted by molar-refractivity contribution is 6.07. The summed E-state index contributed by atoms with van der Waals surface area (Å²) in [4.78, 5) is 17.8. The Morgan fingerprint density at radius 3 is 2.48 bits per heavy atom. The van der Waals surface area contributed by atoms with E-state index in [9.17, 15) is 9.90 Å². The van der Waals surface area contributed by atoms with Crippen LogP contribution in [0.25, 0.3) is 16.9 Å². The number of benzene rings is 2. The lowest BCUT2D eigenvalue weighted by atomic mass is 10.1. The third-order valence-corrected chi connectivity index (χ3v) is 4.41. The molecule has 27 heavy (non-hydrogen) atoms. The van der Waals surface area contributed by atoms with E-state index in [1.165, 1.54) is 6.07 Å². The van der Waals surface area contributed by atoms with E-state index in [4.69, 9.17) is 0 Å². The number of hydrogen-bond donors (Lipinski definition) is 2. The molecule has 0 bridgehead atoms. The number of nitrogens with one attached hydrogen (secondary N) is 1. The monoisotopic (exact) mass is 357 g/mol. The maximum absolute atomic E-state index is 13.1. The van der Waals surface area contributed by atoms with Crippen molar-refractivity contribution < 1.29 is 9.90 Å². The fourth-order valence-electron chi connectivity index (χ4n) is 3.05. The molecule has 0 unspecified atom stereocenters. The standard InChI is InChI=1S/C22H19N3O2/c1-14-6-9-16(10-7-14)20-21(25-13-15(2)8-11-19(25)24-20)22(27)23-17-4-3-5-18(26)12-17/h3-13,26H,1-2H3,(H,23,27). The molecule has 4 aromatic rings. The Morgan fingerprint density at radius 1 is 1.00 bits per heavy atom. The first-order valence-corrected chi connectivity index (χ1v) is 8.67. The van der Waals surface area contributed by atoms with Gasteiger partial charge in [-0.3, -0.25) is 9.20 Å². The highest BCUT2D eigenvalue weighted by Crippen LogP contribution is 2.26. The molecule has 2 aromatic carbocycles. The lowest BCUT2D eigenvalue weighted by Gasteiger charge is -2.08. The van der Waals surface area contributed by atoms with Gasteiger partial charge in [0.15, 0.2) is 0 Å². The molecule has 0 radical (unpaired) electrons. The van der Waals surface area contributed by atoms with Gasteiger partial charge in [0.1, 0.15) is 22.8 Å². The molecule has 1 amide bonds. The topological polar surface area (TPSA) is 66.6 Å². The minimum Gasteiger partial charge on any atom is -0.508 e. The van der Waals surface area contributed by atoms with E-state index in [2.05, 4.69) is 10.3 Å². The van der Waals surface area contributed by atoms with Crippen molar-refractivity contribution in [2.24, 2.45) is 0 Å². The van der Waals surface area contributed by atoms with Gasteiger partial charge in [-0.05, 0) is 37.6 Å². The van der Waals surface area contributed by atoms with Crippen molar-refractivity contribution in [1.82, 2.24) is 9.38 Å². The van der Waals surface area contributed by atoms with Crippen LogP contribution < -0.4 is 5.32 Å². The normalized spacial score (nSPS) is 10.9. The van der Waals surface area contributed by atoms with E-state index in [1.54, 1.807) is 18.2 Å². The molecule has 0 aliphatic carbocycles. The second kappa shape index (κ2) is 6.61. The summed E-state index contributed by atoms with van der Waals surface area (Å²) in [5.74, 6) is -0.185. The summed E-state index contributed by atoms with van der Waals surface area (Å²) in [6, 6.07) is 18.3. The van der Waals surface area contributed by atoms with Gasteiger partial charge in [-0.1, -0.05) is 42.0 Å². The van der Waals surface area contributed by atoms with E-state index in [1.807, 2.05) is 60.8 Å². The molecule has 134 valence electrons. The number of phenolic OH excluding ortho intramolecular Hbond substituents is 1. The molecule has 5 heteroatoms. The number of fused-ring (bicyclic) bond motifs is 1. The quantitative estimate of drug-likeness (QED) is 0.564. The van der Waals surface area contributed by atoms with E-state index in [0.717, 1.165) is 16.7 Å². The van der Waals surface area contributed by atoms with Gasteiger partial charge in [-0.2, -0.15) is 0 Å². The largest absolute Gasteiger partial charge is 0.508 e. The second-order valence-electron chi connectivity index (χ2n) is 6.61. The predicted molar refractivity (Wildman–Crippen MR) is 106 cm³/mol. The first-order chi connectivity index (χ1) is 13.0. The van der Waals surface area contributed by atoms with Crippen LogP contribution in [-0.4, -0.2) is 20.4 Å². The molecule has 5 nitrogen and oxygen atoms in total. The lowest BCUT2D eigenvalue weighted by Crippen LogP contribution is -2.15. The maximum Gasteiger partial charge on any atom is 0.274 e. The number of aryl methyl sites for hydroxylation is 2. The number of carbonyl (C=O) groups is 1. The average Bonchev–Trinajstić information content (AvgIpc) is 3.01. The smallest absolute Gasteiger partial charge is 0.274 e. The highest BCUT2D eigenvalue weighted by Gasteiger charge is 2.21. The maximum atomic E-state index is 13.1. The summed E-state index contributed by atoms with van der Waals surface area (Å²) >= 11 is 0. The third-order valence-electron chi connectivity index (χ3n) is 4.41. The Hall–Kier alpha value is -3.60. The first-order valence-electron chi connectivity index (χ1n) is 8.67. The van der Waals surface area contributed by atoms with Crippen molar-refractivity contribution in [3.05, 3.63) is 83.7 Å². The van der Waals surface area contributed by atoms with Gasteiger partial charge < -0.3 is 10.4 Å². The van der Waals surface area contributed by atoms with Crippen molar-refractivity contribution in [1.29, 1.82) is 0 Å². The molecule has 2 aromatic heterocycles. The van der Waals surface area contributed by atoms with Gasteiger partial charge in [0.25, 0.3) is 5.91 Å². The molecule has 0 aliphatic rings. The zero-order valence-electron chi connectivity index (χ0n) is 15.1. The van der Waals surface area contributed by atoms with Crippen LogP contribution in [-0.2, 0) is 0 Å². The van der Waals surface area contributed by atoms with Crippen LogP contribution in [0, 0.1) is 13.8 Å². The van der Waals surface area contributed by atoms with Crippen molar-refractivity contribution in [3.63, 3.8) is 0 Å². The van der Waals surface area contributed by atoms with Crippen LogP contribution in [0.15, 0.2) is 66.9 Å². The Bertz CT molecular complexity index is 1140. The molecular weight excluding hydrogens is 338 g/mol. The summed E-state index contributed by atoms with van der Waals surface area (Å²) < 4.78 is 1.81. The SMILES string of the molecule is Cc1ccc(-c2nc3ccc(C)cn3c2C(=O)Nc2cccc(O)c2)cc1. The first kappa shape index (κ1) is 16.8. The van der Waals surface area contributed by atoms with Crippen molar-refractivity contribution in [3.8, 4) is 17.0 Å². The molecular formula is C22H19N3O2. The average molecular weight is 357 g/mol. The zero-order valence-corrected chi connectivity index (χ0v) is 15.1. The second-order valence-corrected chi connectivity index (χ2v) is 6.61. The number of nitrogens with zero attached hydrogens (tertiary/aromatic N) is 2. The van der Waals surface area contributed by atoms with Gasteiger partial charge >= 0.3 is 0 Å². The highest BCUT2D eigenvalue weighted by atomic mass is 16.3. The van der Waals surface area contributed by atoms with Gasteiger partial charge in [0.2, 0.25) is 0 Å². The number of imidazole rings is 1. The third kappa shape index (κ3) is 3.27. The molecule has 0 atom stereocenters. The summed E-state index contributed by atoms with van der Waals surface area (Å²) in [5.41, 5.74) is 5.36. The molecule has 0 aliphatic heterocycles. The van der Waals surface area contributed by atoms with Crippen molar-refractivity contribution in [2.75, 3.05) is 5.32 Å². The van der Waals surface area contributed by atoms with Crippen molar-refractivity contribution >= 4 is 17.2 Å². The fourth-order valence-corrected chi connectivity index (χ4v) is 3.05. The van der Waals surface area contributed by atoms with Gasteiger partial charge in [0, 0.05) is 23.5 Å². The minimum absolute atomic E-state index is 0.0977. The number of anilines is 1. The molecule has 0 spiro atoms. The lowest BCUT2D eigenvalue weighted by molar-refractivity contribution is 0.102. The number of hydrogen-bond acceptors (Lipinski definition) is 3. The number of aromatic nitrogens is 2. The van der Waals surface area contributed by atoms with Crippen molar-refractivity contribution in [2.45, 2.75) is 13.8 Å². The minimum atomic E-state index is -0.283. The molecule has 2 heterocycles. The van der Waals surface area contributed by atoms with Crippen LogP contribution >= 0.6 is 0 Å². The number of carbonyl (C=O) groups excluding carboxylic acids is 1. The van der Waals surface area contributed by atoms with Crippen LogP contribution in [0.4, 0.5) is 5.69 Å². The fraction of sp³-hybridized carbons (Fsp3) is 0.0909. The number of aromatic hydroxyl groups is 1. The molecule has 2 N–H and O–H groups in total. The molecule has 0 fully saturated rings. The molecule has 4 rings (SSSR count). The predicted octanol–water partition coefficient (Wildman–Crippen LogP) is 4.58. The van der Waals surface area contributed by atoms with E-state index < -0.39 is 0 Å². The number of phenols is 1. The number of amides is 1. The summed E-state index contributed by atoms with van der Waals surface area (Å²) in [6.45, 7) is 3.99. The Labute approximate surface area is 156 Å². The van der Waals surface area contributed by atoms with Crippen LogP contribution in [0.2, 0.25) is 0 Å². The summed E-state index contributed by atoms with van der Waals surface area (Å²) in [5, 5.41) is 12.5. The van der Waals surface area contributed by atoms with Gasteiger partial charge in [0.05, 0.1) is 0 Å². The summed E-state index contributed by atoms with van der Waals surface area (Å²) in [7, 11) is 0. The summed E-state index contributed by atoms with van der Waals surface area (Å²) in [6.07, 6.45) is 1.90. The Kier molecular flexibility index (Phi) is 4.12. The molecule has 0 saturated carbocycles. The van der Waals surface area contributed by atoms with E-state index >= 15 is 0 Å². The van der Waals surface area contributed by atoms with E-state index in [0.29, 0.717) is 22.7 Å². The van der Waals surface area contributed by atoms with Gasteiger partial charge in [-0.15, -0.1) is 0 Å². The van der Waals surface area contributed by atoms with Gasteiger partial charge in [-0.25, -0.2) is 4.98 Å². The number of rotatable bonds is 3. The Morgan fingerprint density at radius 2 is 1.74 bits per heavy atom. The zero-order chi connectivity index (χ0) is 19.0. The number of pyridine rings is 1. The van der Waals surface area contributed by atoms with Crippen LogP contribution in [0.5, 0.6) is 5.75 Å². The molecule has 0 saturated heterocycles.